The molecule has 0 aliphatic heterocycles. The normalized spacial score (nSPS) is 12.5. The molecule has 0 bridgehead atoms. The van der Waals surface area contributed by atoms with Crippen LogP contribution in [-0.2, 0) is 6.42 Å². The molecule has 1 atom stereocenters. The maximum absolute atomic E-state index is 5.64. The van der Waals surface area contributed by atoms with Gasteiger partial charge >= 0.3 is 0 Å². The third-order valence-electron chi connectivity index (χ3n) is 2.61. The van der Waals surface area contributed by atoms with Gasteiger partial charge in [-0.25, -0.2) is 9.97 Å². The highest BCUT2D eigenvalue weighted by Gasteiger charge is 2.17. The Balaban J connectivity index is 2.03. The predicted octanol–water partition coefficient (Wildman–Crippen LogP) is 2.22. The van der Waals surface area contributed by atoms with Gasteiger partial charge in [0, 0.05) is 12.5 Å². The lowest BCUT2D eigenvalue weighted by molar-refractivity contribution is 0.374. The van der Waals surface area contributed by atoms with Crippen molar-refractivity contribution in [2.45, 2.75) is 43.5 Å². The minimum absolute atomic E-state index is 0.0564. The van der Waals surface area contributed by atoms with Gasteiger partial charge in [-0.15, -0.1) is 0 Å². The van der Waals surface area contributed by atoms with Crippen molar-refractivity contribution in [2.24, 2.45) is 0 Å². The second kappa shape index (κ2) is 6.56. The quantitative estimate of drug-likeness (QED) is 0.615. The number of hydrogen-bond donors (Lipinski definition) is 2. The number of anilines is 2. The maximum atomic E-state index is 5.64. The number of unbranched alkanes of at least 4 members (excludes halogenated alkanes) is 1. The molecule has 2 aromatic rings. The Kier molecular flexibility index (Phi) is 4.78. The highest BCUT2D eigenvalue weighted by atomic mass is 32.2. The molecule has 7 nitrogen and oxygen atoms in total. The molecule has 2 heterocycles. The van der Waals surface area contributed by atoms with E-state index in [-0.39, 0.29) is 5.25 Å². The van der Waals surface area contributed by atoms with Gasteiger partial charge in [-0.3, -0.25) is 0 Å². The Morgan fingerprint density at radius 3 is 2.60 bits per heavy atom. The summed E-state index contributed by atoms with van der Waals surface area (Å²) in [5.74, 6) is 2.00. The summed E-state index contributed by atoms with van der Waals surface area (Å²) in [5, 5.41) is 4.41. The first-order chi connectivity index (χ1) is 9.58. The monoisotopic (exact) mass is 294 g/mol. The van der Waals surface area contributed by atoms with E-state index < -0.39 is 0 Å². The van der Waals surface area contributed by atoms with Crippen LogP contribution in [0.25, 0.3) is 0 Å². The maximum Gasteiger partial charge on any atom is 0.239 e. The molecule has 0 fully saturated rings. The molecule has 0 aliphatic carbocycles. The smallest absolute Gasteiger partial charge is 0.239 e. The highest BCUT2D eigenvalue weighted by Crippen LogP contribution is 2.32. The molecule has 0 saturated heterocycles. The number of nitrogens with two attached hydrogens (primary N) is 2. The molecule has 0 amide bonds. The van der Waals surface area contributed by atoms with Gasteiger partial charge in [-0.05, 0) is 13.3 Å². The number of thioether (sulfide) groups is 1. The Morgan fingerprint density at radius 2 is 1.95 bits per heavy atom. The van der Waals surface area contributed by atoms with Gasteiger partial charge in [0.25, 0.3) is 0 Å². The van der Waals surface area contributed by atoms with E-state index in [2.05, 4.69) is 27.0 Å². The van der Waals surface area contributed by atoms with Gasteiger partial charge in [-0.2, -0.15) is 4.98 Å². The van der Waals surface area contributed by atoms with Crippen LogP contribution in [0, 0.1) is 0 Å². The summed E-state index contributed by atoms with van der Waals surface area (Å²) < 4.78 is 5.26. The van der Waals surface area contributed by atoms with Crippen LogP contribution in [0.4, 0.5) is 11.6 Å². The van der Waals surface area contributed by atoms with Crippen LogP contribution in [0.5, 0.6) is 0 Å². The van der Waals surface area contributed by atoms with E-state index in [0.29, 0.717) is 22.7 Å². The van der Waals surface area contributed by atoms with Gasteiger partial charge < -0.3 is 16.0 Å². The third-order valence-corrected chi connectivity index (χ3v) is 3.56. The van der Waals surface area contributed by atoms with Gasteiger partial charge in [0.15, 0.2) is 11.0 Å². The SMILES string of the molecule is CCCCc1noc([C@H](C)Sc2nc(N)cc(N)n2)n1. The Labute approximate surface area is 121 Å². The average Bonchev–Trinajstić information content (AvgIpc) is 2.83. The summed E-state index contributed by atoms with van der Waals surface area (Å²) in [6.07, 6.45) is 2.99. The zero-order valence-electron chi connectivity index (χ0n) is 11.5. The van der Waals surface area contributed by atoms with Crippen molar-refractivity contribution in [1.29, 1.82) is 0 Å². The minimum Gasteiger partial charge on any atom is -0.383 e. The second-order valence-electron chi connectivity index (χ2n) is 4.41. The summed E-state index contributed by atoms with van der Waals surface area (Å²) in [4.78, 5) is 12.6. The summed E-state index contributed by atoms with van der Waals surface area (Å²) in [5.41, 5.74) is 11.3. The van der Waals surface area contributed by atoms with E-state index in [4.69, 9.17) is 16.0 Å². The van der Waals surface area contributed by atoms with Gasteiger partial charge in [0.1, 0.15) is 11.6 Å². The molecule has 2 rings (SSSR count). The molecule has 2 aromatic heterocycles. The van der Waals surface area contributed by atoms with Crippen LogP contribution in [0.2, 0.25) is 0 Å². The Morgan fingerprint density at radius 1 is 1.25 bits per heavy atom. The number of aromatic nitrogens is 4. The summed E-state index contributed by atoms with van der Waals surface area (Å²) >= 11 is 1.38. The van der Waals surface area contributed by atoms with E-state index >= 15 is 0 Å². The van der Waals surface area contributed by atoms with Crippen LogP contribution < -0.4 is 11.5 Å². The fraction of sp³-hybridized carbons (Fsp3) is 0.500. The number of nitrogens with zero attached hydrogens (tertiary/aromatic N) is 4. The molecule has 20 heavy (non-hydrogen) atoms. The largest absolute Gasteiger partial charge is 0.383 e. The molecular formula is C12H18N6OS. The second-order valence-corrected chi connectivity index (χ2v) is 5.72. The minimum atomic E-state index is -0.0564. The van der Waals surface area contributed by atoms with Crippen molar-refractivity contribution in [2.75, 3.05) is 11.5 Å². The average molecular weight is 294 g/mol. The Bertz CT molecular complexity index is 553. The lowest BCUT2D eigenvalue weighted by atomic mass is 10.2. The molecule has 108 valence electrons. The van der Waals surface area contributed by atoms with E-state index in [9.17, 15) is 0 Å². The molecule has 0 aliphatic rings. The highest BCUT2D eigenvalue weighted by molar-refractivity contribution is 7.99. The van der Waals surface area contributed by atoms with Crippen LogP contribution >= 0.6 is 11.8 Å². The van der Waals surface area contributed by atoms with Gasteiger partial charge in [-0.1, -0.05) is 30.3 Å². The third kappa shape index (κ3) is 3.83. The van der Waals surface area contributed by atoms with Gasteiger partial charge in [0.05, 0.1) is 5.25 Å². The van der Waals surface area contributed by atoms with E-state index in [1.807, 2.05) is 6.92 Å². The van der Waals surface area contributed by atoms with Crippen molar-refractivity contribution in [3.05, 3.63) is 17.8 Å². The summed E-state index contributed by atoms with van der Waals surface area (Å²) in [6.45, 7) is 4.07. The summed E-state index contributed by atoms with van der Waals surface area (Å²) in [7, 11) is 0. The standard InChI is InChI=1S/C12H18N6OS/c1-3-4-5-10-17-11(19-18-10)7(2)20-12-15-8(13)6-9(14)16-12/h6-7H,3-5H2,1-2H3,(H4,13,14,15,16)/t7-/m0/s1. The first-order valence-electron chi connectivity index (χ1n) is 6.47. The van der Waals surface area contributed by atoms with Crippen molar-refractivity contribution < 1.29 is 4.52 Å². The number of rotatable bonds is 6. The van der Waals surface area contributed by atoms with Crippen molar-refractivity contribution in [1.82, 2.24) is 20.1 Å². The lowest BCUT2D eigenvalue weighted by Crippen LogP contribution is -2.00. The number of nitrogen functional groups attached to an aromatic ring is 2. The molecule has 0 unspecified atom stereocenters. The van der Waals surface area contributed by atoms with Crippen molar-refractivity contribution in [3.8, 4) is 0 Å². The van der Waals surface area contributed by atoms with E-state index in [0.717, 1.165) is 25.1 Å². The van der Waals surface area contributed by atoms with Crippen molar-refractivity contribution in [3.63, 3.8) is 0 Å². The topological polar surface area (TPSA) is 117 Å². The molecule has 4 N–H and O–H groups in total. The molecule has 0 saturated carbocycles. The first kappa shape index (κ1) is 14.6. The zero-order valence-corrected chi connectivity index (χ0v) is 12.4. The lowest BCUT2D eigenvalue weighted by Gasteiger charge is -2.05. The molecular weight excluding hydrogens is 276 g/mol. The van der Waals surface area contributed by atoms with Crippen LogP contribution in [-0.4, -0.2) is 20.1 Å². The van der Waals surface area contributed by atoms with E-state index in [1.54, 1.807) is 0 Å². The van der Waals surface area contributed by atoms with Crippen molar-refractivity contribution >= 4 is 23.4 Å². The van der Waals surface area contributed by atoms with E-state index in [1.165, 1.54) is 17.8 Å². The van der Waals surface area contributed by atoms with Crippen LogP contribution in [0.1, 0.15) is 43.7 Å². The zero-order chi connectivity index (χ0) is 14.5. The predicted molar refractivity (Wildman–Crippen MR) is 78.0 cm³/mol. The van der Waals surface area contributed by atoms with Crippen LogP contribution in [0.15, 0.2) is 15.7 Å². The molecule has 0 aromatic carbocycles. The first-order valence-corrected chi connectivity index (χ1v) is 7.35. The van der Waals surface area contributed by atoms with Gasteiger partial charge in [0.2, 0.25) is 5.89 Å². The number of aryl methyl sites for hydroxylation is 1. The fourth-order valence-corrected chi connectivity index (χ4v) is 2.42. The van der Waals surface area contributed by atoms with Crippen LogP contribution in [0.3, 0.4) is 0 Å². The molecule has 0 radical (unpaired) electrons. The fourth-order valence-electron chi connectivity index (χ4n) is 1.59. The molecule has 8 heteroatoms. The number of hydrogen-bond acceptors (Lipinski definition) is 8. The Hall–Kier alpha value is -1.83. The summed E-state index contributed by atoms with van der Waals surface area (Å²) in [6, 6.07) is 1.52. The molecule has 0 spiro atoms.